The highest BCUT2D eigenvalue weighted by atomic mass is 19.1. The van der Waals surface area contributed by atoms with Crippen LogP contribution >= 0.6 is 0 Å². The molecule has 24 heavy (non-hydrogen) atoms. The van der Waals surface area contributed by atoms with Crippen molar-refractivity contribution in [3.8, 4) is 0 Å². The van der Waals surface area contributed by atoms with Gasteiger partial charge >= 0.3 is 0 Å². The number of nitrogens with zero attached hydrogens (tertiary/aromatic N) is 1. The van der Waals surface area contributed by atoms with Crippen LogP contribution in [0.25, 0.3) is 10.9 Å². The van der Waals surface area contributed by atoms with Gasteiger partial charge in [-0.25, -0.2) is 4.39 Å². The third kappa shape index (κ3) is 3.06. The van der Waals surface area contributed by atoms with Crippen molar-refractivity contribution in [2.75, 3.05) is 6.54 Å². The predicted molar refractivity (Wildman–Crippen MR) is 90.1 cm³/mol. The average molecular weight is 324 g/mol. The van der Waals surface area contributed by atoms with E-state index < -0.39 is 17.5 Å². The highest BCUT2D eigenvalue weighted by molar-refractivity contribution is 6.44. The van der Waals surface area contributed by atoms with Gasteiger partial charge in [-0.05, 0) is 30.7 Å². The van der Waals surface area contributed by atoms with Crippen LogP contribution in [-0.4, -0.2) is 28.1 Å². The summed E-state index contributed by atoms with van der Waals surface area (Å²) in [6.07, 6.45) is 1.46. The van der Waals surface area contributed by atoms with Gasteiger partial charge in [-0.1, -0.05) is 30.3 Å². The molecule has 2 aromatic carbocycles. The molecule has 0 saturated heterocycles. The van der Waals surface area contributed by atoms with Crippen LogP contribution in [0.1, 0.15) is 22.8 Å². The molecular formula is C19H17FN2O2. The molecule has 0 unspecified atom stereocenters. The van der Waals surface area contributed by atoms with E-state index in [-0.39, 0.29) is 5.56 Å². The largest absolute Gasteiger partial charge is 0.360 e. The van der Waals surface area contributed by atoms with Crippen LogP contribution in [-0.2, 0) is 11.3 Å². The summed E-state index contributed by atoms with van der Waals surface area (Å²) in [5.41, 5.74) is 1.77. The Labute approximate surface area is 138 Å². The summed E-state index contributed by atoms with van der Waals surface area (Å²) in [6.45, 7) is 2.60. The smallest absolute Gasteiger partial charge is 0.295 e. The van der Waals surface area contributed by atoms with E-state index in [1.165, 1.54) is 23.2 Å². The Morgan fingerprint density at radius 3 is 2.58 bits per heavy atom. The fourth-order valence-electron chi connectivity index (χ4n) is 2.67. The lowest BCUT2D eigenvalue weighted by Crippen LogP contribution is -2.35. The minimum atomic E-state index is -0.635. The molecule has 122 valence electrons. The Morgan fingerprint density at radius 2 is 1.88 bits per heavy atom. The standard InChI is InChI=1S/C19H17FN2O2/c1-2-22(12-13-6-4-3-5-7-13)19(24)18(23)16-11-21-17-9-8-14(20)10-15(16)17/h3-11,21H,2,12H2,1H3. The molecule has 0 bridgehead atoms. The molecule has 0 atom stereocenters. The molecule has 0 spiro atoms. The third-order valence-corrected chi connectivity index (χ3v) is 3.97. The summed E-state index contributed by atoms with van der Waals surface area (Å²) >= 11 is 0. The van der Waals surface area contributed by atoms with Gasteiger partial charge in [-0.2, -0.15) is 0 Å². The molecule has 1 aromatic heterocycles. The average Bonchev–Trinajstić information content (AvgIpc) is 3.02. The summed E-state index contributed by atoms with van der Waals surface area (Å²) in [5.74, 6) is -1.67. The zero-order chi connectivity index (χ0) is 17.1. The number of ketones is 1. The lowest BCUT2D eigenvalue weighted by Gasteiger charge is -2.20. The number of hydrogen-bond donors (Lipinski definition) is 1. The molecule has 1 heterocycles. The second kappa shape index (κ2) is 6.66. The van der Waals surface area contributed by atoms with Gasteiger partial charge in [0.1, 0.15) is 5.82 Å². The molecule has 1 N–H and O–H groups in total. The summed E-state index contributed by atoms with van der Waals surface area (Å²) in [5, 5.41) is 0.420. The fourth-order valence-corrected chi connectivity index (χ4v) is 2.67. The first kappa shape index (κ1) is 15.9. The number of aromatic nitrogens is 1. The number of carbonyl (C=O) groups excluding carboxylic acids is 2. The Morgan fingerprint density at radius 1 is 1.12 bits per heavy atom. The van der Waals surface area contributed by atoms with E-state index in [0.717, 1.165) is 5.56 Å². The SMILES string of the molecule is CCN(Cc1ccccc1)C(=O)C(=O)c1c[nH]c2ccc(F)cc12. The number of halogens is 1. The lowest BCUT2D eigenvalue weighted by atomic mass is 10.1. The molecule has 0 radical (unpaired) electrons. The number of H-pyrrole nitrogens is 1. The van der Waals surface area contributed by atoms with Crippen molar-refractivity contribution in [3.05, 3.63) is 71.7 Å². The Bertz CT molecular complexity index is 887. The number of Topliss-reactive ketones (excluding diaryl/α,β-unsaturated/α-hetero) is 1. The van der Waals surface area contributed by atoms with E-state index in [9.17, 15) is 14.0 Å². The maximum absolute atomic E-state index is 13.5. The van der Waals surface area contributed by atoms with Crippen LogP contribution in [0.15, 0.2) is 54.7 Å². The number of likely N-dealkylation sites (N-methyl/N-ethyl adjacent to an activating group) is 1. The van der Waals surface area contributed by atoms with Crippen molar-refractivity contribution in [3.63, 3.8) is 0 Å². The first-order valence-electron chi connectivity index (χ1n) is 7.74. The van der Waals surface area contributed by atoms with E-state index in [1.807, 2.05) is 37.3 Å². The van der Waals surface area contributed by atoms with Crippen molar-refractivity contribution >= 4 is 22.6 Å². The van der Waals surface area contributed by atoms with Crippen LogP contribution in [0.3, 0.4) is 0 Å². The molecule has 0 aliphatic rings. The van der Waals surface area contributed by atoms with Crippen molar-refractivity contribution in [2.24, 2.45) is 0 Å². The van der Waals surface area contributed by atoms with Crippen LogP contribution in [0.5, 0.6) is 0 Å². The van der Waals surface area contributed by atoms with E-state index >= 15 is 0 Å². The minimum Gasteiger partial charge on any atom is -0.360 e. The number of aromatic amines is 1. The number of carbonyl (C=O) groups is 2. The quantitative estimate of drug-likeness (QED) is 0.576. The van der Waals surface area contributed by atoms with Crippen LogP contribution in [0, 0.1) is 5.82 Å². The first-order chi connectivity index (χ1) is 11.6. The number of benzene rings is 2. The van der Waals surface area contributed by atoms with Gasteiger partial charge in [-0.3, -0.25) is 9.59 Å². The van der Waals surface area contributed by atoms with E-state index in [1.54, 1.807) is 6.07 Å². The normalized spacial score (nSPS) is 10.8. The van der Waals surface area contributed by atoms with Crippen molar-refractivity contribution in [1.29, 1.82) is 0 Å². The van der Waals surface area contributed by atoms with E-state index in [4.69, 9.17) is 0 Å². The molecule has 4 nitrogen and oxygen atoms in total. The van der Waals surface area contributed by atoms with Gasteiger partial charge in [0, 0.05) is 30.2 Å². The third-order valence-electron chi connectivity index (χ3n) is 3.97. The highest BCUT2D eigenvalue weighted by Gasteiger charge is 2.24. The van der Waals surface area contributed by atoms with E-state index in [2.05, 4.69) is 4.98 Å². The van der Waals surface area contributed by atoms with Crippen molar-refractivity contribution in [1.82, 2.24) is 9.88 Å². The molecule has 3 aromatic rings. The number of amides is 1. The molecule has 1 amide bonds. The lowest BCUT2D eigenvalue weighted by molar-refractivity contribution is -0.126. The topological polar surface area (TPSA) is 53.2 Å². The minimum absolute atomic E-state index is 0.195. The first-order valence-corrected chi connectivity index (χ1v) is 7.74. The maximum Gasteiger partial charge on any atom is 0.295 e. The second-order valence-electron chi connectivity index (χ2n) is 5.53. The van der Waals surface area contributed by atoms with E-state index in [0.29, 0.717) is 24.0 Å². The van der Waals surface area contributed by atoms with Gasteiger partial charge in [0.05, 0.1) is 5.56 Å². The zero-order valence-corrected chi connectivity index (χ0v) is 13.3. The number of rotatable bonds is 5. The zero-order valence-electron chi connectivity index (χ0n) is 13.3. The molecule has 0 saturated carbocycles. The second-order valence-corrected chi connectivity index (χ2v) is 5.53. The number of nitrogens with one attached hydrogen (secondary N) is 1. The van der Waals surface area contributed by atoms with Gasteiger partial charge in [0.2, 0.25) is 0 Å². The number of fused-ring (bicyclic) bond motifs is 1. The highest BCUT2D eigenvalue weighted by Crippen LogP contribution is 2.21. The molecule has 0 fully saturated rings. The molecule has 0 aliphatic carbocycles. The summed E-state index contributed by atoms with van der Waals surface area (Å²) < 4.78 is 13.5. The van der Waals surface area contributed by atoms with Gasteiger partial charge in [0.25, 0.3) is 11.7 Å². The monoisotopic (exact) mass is 324 g/mol. The summed E-state index contributed by atoms with van der Waals surface area (Å²) in [7, 11) is 0. The van der Waals surface area contributed by atoms with Crippen molar-refractivity contribution < 1.29 is 14.0 Å². The maximum atomic E-state index is 13.5. The van der Waals surface area contributed by atoms with Gasteiger partial charge in [-0.15, -0.1) is 0 Å². The van der Waals surface area contributed by atoms with Crippen LogP contribution < -0.4 is 0 Å². The molecule has 5 heteroatoms. The summed E-state index contributed by atoms with van der Waals surface area (Å²) in [6, 6.07) is 13.6. The van der Waals surface area contributed by atoms with Crippen LogP contribution in [0.4, 0.5) is 4.39 Å². The van der Waals surface area contributed by atoms with Crippen LogP contribution in [0.2, 0.25) is 0 Å². The summed E-state index contributed by atoms with van der Waals surface area (Å²) in [4.78, 5) is 29.5. The Kier molecular flexibility index (Phi) is 4.42. The predicted octanol–water partition coefficient (Wildman–Crippen LogP) is 3.54. The molecule has 3 rings (SSSR count). The fraction of sp³-hybridized carbons (Fsp3) is 0.158. The Hall–Kier alpha value is -2.95. The Balaban J connectivity index is 1.87. The number of hydrogen-bond acceptors (Lipinski definition) is 2. The van der Waals surface area contributed by atoms with Gasteiger partial charge < -0.3 is 9.88 Å². The van der Waals surface area contributed by atoms with Gasteiger partial charge in [0.15, 0.2) is 0 Å². The molecule has 0 aliphatic heterocycles. The molecular weight excluding hydrogens is 307 g/mol. The van der Waals surface area contributed by atoms with Crippen molar-refractivity contribution in [2.45, 2.75) is 13.5 Å².